The number of ether oxygens (including phenoxy) is 4. The molecular formula is C30H36N4O6. The summed E-state index contributed by atoms with van der Waals surface area (Å²) in [5.74, 6) is 1.21. The Morgan fingerprint density at radius 2 is 1.43 bits per heavy atom. The number of hydrogen-bond donors (Lipinski definition) is 2. The summed E-state index contributed by atoms with van der Waals surface area (Å²) in [7, 11) is 6.31. The lowest BCUT2D eigenvalue weighted by Gasteiger charge is -2.38. The molecule has 1 aliphatic rings. The van der Waals surface area contributed by atoms with Crippen LogP contribution in [0.2, 0.25) is 0 Å². The van der Waals surface area contributed by atoms with Gasteiger partial charge in [0.05, 0.1) is 44.8 Å². The van der Waals surface area contributed by atoms with Crippen LogP contribution in [0.3, 0.4) is 0 Å². The predicted molar refractivity (Wildman–Crippen MR) is 156 cm³/mol. The summed E-state index contributed by atoms with van der Waals surface area (Å²) in [6.45, 7) is 3.72. The maximum Gasteiger partial charge on any atom is 0.259 e. The second-order valence-corrected chi connectivity index (χ2v) is 9.15. The third-order valence-corrected chi connectivity index (χ3v) is 6.79. The number of hydrogen-bond acceptors (Lipinski definition) is 8. The molecule has 0 spiro atoms. The van der Waals surface area contributed by atoms with Crippen molar-refractivity contribution in [3.8, 4) is 17.2 Å². The topological polar surface area (TPSA) is 102 Å². The molecule has 10 nitrogen and oxygen atoms in total. The molecule has 1 aliphatic heterocycles. The molecule has 0 aliphatic carbocycles. The molecule has 0 unspecified atom stereocenters. The number of benzene rings is 3. The third-order valence-electron chi connectivity index (χ3n) is 6.79. The van der Waals surface area contributed by atoms with Crippen LogP contribution < -0.4 is 34.6 Å². The van der Waals surface area contributed by atoms with E-state index in [9.17, 15) is 9.59 Å². The van der Waals surface area contributed by atoms with Crippen LogP contribution in [0, 0.1) is 0 Å². The standard InChI is InChI=1S/C30H36N4O6/c1-37-18-13-31-29(35)24-19-21(32-30(36)23-11-10-22(38-2)20-28(23)40-4)9-12-25(24)33-14-16-34(17-15-33)26-7-5-6-8-27(26)39-3/h5-12,19-20H,13-18H2,1-4H3,(H,31,35)(H,32,36). The monoisotopic (exact) mass is 548 g/mol. The van der Waals surface area contributed by atoms with Crippen LogP contribution >= 0.6 is 0 Å². The third kappa shape index (κ3) is 6.58. The highest BCUT2D eigenvalue weighted by atomic mass is 16.5. The minimum absolute atomic E-state index is 0.239. The van der Waals surface area contributed by atoms with Gasteiger partial charge in [0.25, 0.3) is 11.8 Å². The van der Waals surface area contributed by atoms with Crippen molar-refractivity contribution in [1.29, 1.82) is 0 Å². The van der Waals surface area contributed by atoms with Crippen molar-refractivity contribution in [2.24, 2.45) is 0 Å². The summed E-state index contributed by atoms with van der Waals surface area (Å²) in [6.07, 6.45) is 0. The molecule has 1 saturated heterocycles. The molecule has 1 fully saturated rings. The first-order valence-electron chi connectivity index (χ1n) is 13.1. The van der Waals surface area contributed by atoms with Gasteiger partial charge in [-0.05, 0) is 42.5 Å². The molecule has 3 aromatic carbocycles. The number of rotatable bonds is 11. The van der Waals surface area contributed by atoms with Crippen molar-refractivity contribution in [2.75, 3.05) is 82.9 Å². The Kier molecular flexibility index (Phi) is 9.69. The molecule has 10 heteroatoms. The van der Waals surface area contributed by atoms with Gasteiger partial charge in [-0.15, -0.1) is 0 Å². The van der Waals surface area contributed by atoms with E-state index in [1.54, 1.807) is 45.6 Å². The van der Waals surface area contributed by atoms with Gasteiger partial charge in [-0.25, -0.2) is 0 Å². The number of carbonyl (C=O) groups is 2. The Balaban J connectivity index is 1.55. The molecule has 0 atom stereocenters. The average molecular weight is 549 g/mol. The van der Waals surface area contributed by atoms with E-state index < -0.39 is 0 Å². The number of carbonyl (C=O) groups excluding carboxylic acids is 2. The minimum atomic E-state index is -0.358. The largest absolute Gasteiger partial charge is 0.497 e. The van der Waals surface area contributed by atoms with Gasteiger partial charge in [0.15, 0.2) is 0 Å². The number of nitrogens with zero attached hydrogens (tertiary/aromatic N) is 2. The molecule has 0 bridgehead atoms. The van der Waals surface area contributed by atoms with Crippen molar-refractivity contribution in [2.45, 2.75) is 0 Å². The van der Waals surface area contributed by atoms with Crippen molar-refractivity contribution < 1.29 is 28.5 Å². The molecule has 0 aromatic heterocycles. The van der Waals surface area contributed by atoms with E-state index in [-0.39, 0.29) is 11.8 Å². The summed E-state index contributed by atoms with van der Waals surface area (Å²) in [6, 6.07) is 18.3. The Bertz CT molecular complexity index is 1320. The Morgan fingerprint density at radius 3 is 2.10 bits per heavy atom. The lowest BCUT2D eigenvalue weighted by Crippen LogP contribution is -2.47. The minimum Gasteiger partial charge on any atom is -0.497 e. The number of methoxy groups -OCH3 is 4. The highest BCUT2D eigenvalue weighted by molar-refractivity contribution is 6.08. The van der Waals surface area contributed by atoms with Crippen molar-refractivity contribution in [1.82, 2.24) is 5.32 Å². The van der Waals surface area contributed by atoms with Crippen LogP contribution in [-0.4, -0.2) is 79.6 Å². The summed E-state index contributed by atoms with van der Waals surface area (Å²) in [4.78, 5) is 30.9. The highest BCUT2D eigenvalue weighted by Crippen LogP contribution is 2.31. The summed E-state index contributed by atoms with van der Waals surface area (Å²) in [5.41, 5.74) is 3.17. The van der Waals surface area contributed by atoms with Crippen LogP contribution in [0.25, 0.3) is 0 Å². The first-order chi connectivity index (χ1) is 19.5. The van der Waals surface area contributed by atoms with Crippen molar-refractivity contribution in [3.05, 3.63) is 71.8 Å². The van der Waals surface area contributed by atoms with Gasteiger partial charge in [0.1, 0.15) is 17.2 Å². The average Bonchev–Trinajstić information content (AvgIpc) is 3.00. The summed E-state index contributed by atoms with van der Waals surface area (Å²) in [5, 5.41) is 5.81. The Hall–Kier alpha value is -4.44. The molecule has 4 rings (SSSR count). The van der Waals surface area contributed by atoms with Crippen LogP contribution in [0.4, 0.5) is 17.1 Å². The van der Waals surface area contributed by atoms with Gasteiger partial charge < -0.3 is 39.4 Å². The number of anilines is 3. The van der Waals surface area contributed by atoms with E-state index in [0.717, 1.165) is 30.2 Å². The number of nitrogens with one attached hydrogen (secondary N) is 2. The molecule has 2 N–H and O–H groups in total. The van der Waals surface area contributed by atoms with E-state index in [1.165, 1.54) is 7.11 Å². The van der Waals surface area contributed by atoms with Crippen LogP contribution in [-0.2, 0) is 4.74 Å². The molecule has 0 radical (unpaired) electrons. The van der Waals surface area contributed by atoms with E-state index in [0.29, 0.717) is 54.6 Å². The normalized spacial score (nSPS) is 13.0. The number of piperazine rings is 1. The summed E-state index contributed by atoms with van der Waals surface area (Å²) >= 11 is 0. The van der Waals surface area contributed by atoms with E-state index >= 15 is 0 Å². The number of amides is 2. The van der Waals surface area contributed by atoms with Gasteiger partial charge in [-0.1, -0.05) is 12.1 Å². The fourth-order valence-electron chi connectivity index (χ4n) is 4.70. The van der Waals surface area contributed by atoms with E-state index in [4.69, 9.17) is 18.9 Å². The second kappa shape index (κ2) is 13.6. The molecule has 1 heterocycles. The van der Waals surface area contributed by atoms with Gasteiger partial charge in [0, 0.05) is 57.3 Å². The fourth-order valence-corrected chi connectivity index (χ4v) is 4.70. The van der Waals surface area contributed by atoms with Crippen LogP contribution in [0.5, 0.6) is 17.2 Å². The molecule has 2 amide bonds. The van der Waals surface area contributed by atoms with E-state index in [2.05, 4.69) is 26.5 Å². The zero-order valence-corrected chi connectivity index (χ0v) is 23.4. The molecule has 0 saturated carbocycles. The first kappa shape index (κ1) is 28.6. The fraction of sp³-hybridized carbons (Fsp3) is 0.333. The SMILES string of the molecule is COCCNC(=O)c1cc(NC(=O)c2ccc(OC)cc2OC)ccc1N1CCN(c2ccccc2OC)CC1. The van der Waals surface area contributed by atoms with Gasteiger partial charge >= 0.3 is 0 Å². The molecular weight excluding hydrogens is 512 g/mol. The summed E-state index contributed by atoms with van der Waals surface area (Å²) < 4.78 is 21.2. The second-order valence-electron chi connectivity index (χ2n) is 9.15. The Labute approximate surface area is 234 Å². The zero-order valence-electron chi connectivity index (χ0n) is 23.4. The zero-order chi connectivity index (χ0) is 28.5. The molecule has 212 valence electrons. The van der Waals surface area contributed by atoms with Crippen molar-refractivity contribution in [3.63, 3.8) is 0 Å². The highest BCUT2D eigenvalue weighted by Gasteiger charge is 2.24. The van der Waals surface area contributed by atoms with Gasteiger partial charge in [-0.3, -0.25) is 9.59 Å². The maximum atomic E-state index is 13.3. The van der Waals surface area contributed by atoms with Crippen LogP contribution in [0.15, 0.2) is 60.7 Å². The van der Waals surface area contributed by atoms with Crippen molar-refractivity contribution >= 4 is 28.9 Å². The quantitative estimate of drug-likeness (QED) is 0.350. The Morgan fingerprint density at radius 1 is 0.725 bits per heavy atom. The van der Waals surface area contributed by atoms with Gasteiger partial charge in [0.2, 0.25) is 0 Å². The van der Waals surface area contributed by atoms with E-state index in [1.807, 2.05) is 30.3 Å². The lowest BCUT2D eigenvalue weighted by molar-refractivity contribution is 0.0936. The smallest absolute Gasteiger partial charge is 0.259 e. The molecule has 40 heavy (non-hydrogen) atoms. The first-order valence-corrected chi connectivity index (χ1v) is 13.1. The number of para-hydroxylation sites is 2. The predicted octanol–water partition coefficient (Wildman–Crippen LogP) is 3.67. The lowest BCUT2D eigenvalue weighted by atomic mass is 10.1. The van der Waals surface area contributed by atoms with Crippen LogP contribution in [0.1, 0.15) is 20.7 Å². The molecule has 3 aromatic rings. The van der Waals surface area contributed by atoms with Gasteiger partial charge in [-0.2, -0.15) is 0 Å². The maximum absolute atomic E-state index is 13.3.